The standard InChI is InChI=1S/C7H8Cl2O7/c8-6(9)16-7(5(14)15,1-3(10)11)2-4(12)13/h6H,1-2H2,(H,10,11)(H,12,13)(H,14,15). The maximum Gasteiger partial charge on any atom is 0.337 e. The monoisotopic (exact) mass is 274 g/mol. The fourth-order valence-corrected chi connectivity index (χ4v) is 1.35. The van der Waals surface area contributed by atoms with E-state index >= 15 is 0 Å². The van der Waals surface area contributed by atoms with E-state index in [9.17, 15) is 14.4 Å². The summed E-state index contributed by atoms with van der Waals surface area (Å²) < 4.78 is 4.49. The Labute approximate surface area is 99.5 Å². The Balaban J connectivity index is 5.11. The van der Waals surface area contributed by atoms with Crippen LogP contribution in [0.2, 0.25) is 0 Å². The fraction of sp³-hybridized carbons (Fsp3) is 0.571. The van der Waals surface area contributed by atoms with Crippen LogP contribution in [0, 0.1) is 0 Å². The molecule has 0 aliphatic rings. The molecule has 16 heavy (non-hydrogen) atoms. The summed E-state index contributed by atoms with van der Waals surface area (Å²) in [7, 11) is 0. The molecule has 0 aromatic rings. The van der Waals surface area contributed by atoms with Gasteiger partial charge in [-0.05, 0) is 0 Å². The molecule has 0 radical (unpaired) electrons. The van der Waals surface area contributed by atoms with Crippen LogP contribution in [0.5, 0.6) is 0 Å². The van der Waals surface area contributed by atoms with Gasteiger partial charge in [-0.1, -0.05) is 23.2 Å². The van der Waals surface area contributed by atoms with Crippen LogP contribution in [0.4, 0.5) is 0 Å². The molecule has 0 aromatic carbocycles. The van der Waals surface area contributed by atoms with Crippen molar-refractivity contribution in [2.75, 3.05) is 0 Å². The lowest BCUT2D eigenvalue weighted by Gasteiger charge is -2.26. The van der Waals surface area contributed by atoms with Crippen molar-refractivity contribution in [2.24, 2.45) is 0 Å². The molecule has 0 amide bonds. The van der Waals surface area contributed by atoms with Crippen LogP contribution in [-0.4, -0.2) is 43.9 Å². The predicted molar refractivity (Wildman–Crippen MR) is 51.5 cm³/mol. The highest BCUT2D eigenvalue weighted by Gasteiger charge is 2.45. The zero-order valence-electron chi connectivity index (χ0n) is 7.72. The second-order valence-electron chi connectivity index (χ2n) is 2.82. The van der Waals surface area contributed by atoms with Crippen LogP contribution in [0.15, 0.2) is 0 Å². The minimum absolute atomic E-state index is 1.06. The van der Waals surface area contributed by atoms with Crippen LogP contribution < -0.4 is 0 Å². The number of carbonyl (C=O) groups is 3. The third-order valence-corrected chi connectivity index (χ3v) is 1.76. The van der Waals surface area contributed by atoms with Crippen molar-refractivity contribution in [1.29, 1.82) is 0 Å². The third kappa shape index (κ3) is 4.65. The molecule has 0 aliphatic heterocycles. The van der Waals surface area contributed by atoms with E-state index in [4.69, 9.17) is 38.5 Å². The molecule has 0 saturated heterocycles. The number of aliphatic carboxylic acids is 3. The number of halogens is 2. The van der Waals surface area contributed by atoms with Gasteiger partial charge in [0.1, 0.15) is 0 Å². The zero-order valence-corrected chi connectivity index (χ0v) is 9.23. The van der Waals surface area contributed by atoms with Crippen molar-refractivity contribution in [3.63, 3.8) is 0 Å². The number of carboxylic acids is 3. The Hall–Kier alpha value is -1.05. The van der Waals surface area contributed by atoms with Crippen molar-refractivity contribution in [3.05, 3.63) is 0 Å². The van der Waals surface area contributed by atoms with E-state index < -0.39 is 41.4 Å². The third-order valence-electron chi connectivity index (χ3n) is 1.58. The van der Waals surface area contributed by atoms with Crippen LogP contribution in [0.1, 0.15) is 12.8 Å². The summed E-state index contributed by atoms with van der Waals surface area (Å²) in [5.41, 5.74) is -2.48. The van der Waals surface area contributed by atoms with Crippen LogP contribution in [-0.2, 0) is 19.1 Å². The molecule has 0 rings (SSSR count). The van der Waals surface area contributed by atoms with Crippen molar-refractivity contribution < 1.29 is 34.4 Å². The van der Waals surface area contributed by atoms with Crippen molar-refractivity contribution in [1.82, 2.24) is 0 Å². The number of hydrogen-bond acceptors (Lipinski definition) is 4. The predicted octanol–water partition coefficient (Wildman–Crippen LogP) is 0.537. The van der Waals surface area contributed by atoms with Gasteiger partial charge in [0, 0.05) is 0 Å². The second kappa shape index (κ2) is 5.88. The lowest BCUT2D eigenvalue weighted by molar-refractivity contribution is -0.177. The van der Waals surface area contributed by atoms with Gasteiger partial charge < -0.3 is 20.1 Å². The Bertz CT molecular complexity index is 285. The maximum atomic E-state index is 10.9. The van der Waals surface area contributed by atoms with Gasteiger partial charge in [0.05, 0.1) is 12.8 Å². The average molecular weight is 275 g/mol. The van der Waals surface area contributed by atoms with Gasteiger partial charge >= 0.3 is 17.9 Å². The lowest BCUT2D eigenvalue weighted by atomic mass is 9.95. The molecular formula is C7H8Cl2O7. The molecule has 0 saturated carbocycles. The summed E-state index contributed by atoms with van der Waals surface area (Å²) in [5.74, 6) is -4.85. The molecule has 0 aliphatic carbocycles. The highest BCUT2D eigenvalue weighted by molar-refractivity contribution is 6.43. The smallest absolute Gasteiger partial charge is 0.337 e. The van der Waals surface area contributed by atoms with Gasteiger partial charge in [-0.15, -0.1) is 0 Å². The summed E-state index contributed by atoms with van der Waals surface area (Å²) in [5, 5.41) is 24.2. The molecule has 0 unspecified atom stereocenters. The van der Waals surface area contributed by atoms with Crippen molar-refractivity contribution >= 4 is 41.1 Å². The van der Waals surface area contributed by atoms with E-state index in [1.807, 2.05) is 0 Å². The molecule has 0 atom stereocenters. The van der Waals surface area contributed by atoms with Crippen LogP contribution >= 0.6 is 23.2 Å². The van der Waals surface area contributed by atoms with E-state index in [0.29, 0.717) is 0 Å². The molecule has 0 fully saturated rings. The molecule has 0 bridgehead atoms. The van der Waals surface area contributed by atoms with Crippen molar-refractivity contribution in [3.8, 4) is 0 Å². The summed E-state index contributed by atoms with van der Waals surface area (Å²) in [6.07, 6.45) is -2.13. The SMILES string of the molecule is O=C(O)CC(CC(=O)O)(OC(Cl)Cl)C(=O)O. The molecule has 0 spiro atoms. The van der Waals surface area contributed by atoms with Crippen molar-refractivity contribution in [2.45, 2.75) is 23.5 Å². The molecule has 0 heterocycles. The first-order chi connectivity index (χ1) is 7.19. The number of ether oxygens (including phenoxy) is 1. The quantitative estimate of drug-likeness (QED) is 0.579. The second-order valence-corrected chi connectivity index (χ2v) is 3.84. The minimum Gasteiger partial charge on any atom is -0.481 e. The Morgan fingerprint density at radius 2 is 1.44 bits per heavy atom. The largest absolute Gasteiger partial charge is 0.481 e. The number of alkyl halides is 2. The molecule has 92 valence electrons. The number of carboxylic acid groups (broad SMARTS) is 3. The molecule has 0 aromatic heterocycles. The van der Waals surface area contributed by atoms with E-state index in [-0.39, 0.29) is 0 Å². The van der Waals surface area contributed by atoms with Gasteiger partial charge in [0.15, 0.2) is 5.60 Å². The van der Waals surface area contributed by atoms with Gasteiger partial charge in [-0.25, -0.2) is 4.79 Å². The highest BCUT2D eigenvalue weighted by atomic mass is 35.5. The maximum absolute atomic E-state index is 10.9. The van der Waals surface area contributed by atoms with E-state index in [1.165, 1.54) is 0 Å². The summed E-state index contributed by atoms with van der Waals surface area (Å²) in [6, 6.07) is 0. The Morgan fingerprint density at radius 1 is 1.06 bits per heavy atom. The average Bonchev–Trinajstić information content (AvgIpc) is 1.98. The van der Waals surface area contributed by atoms with E-state index in [1.54, 1.807) is 0 Å². The van der Waals surface area contributed by atoms with Crippen LogP contribution in [0.25, 0.3) is 0 Å². The first-order valence-corrected chi connectivity index (χ1v) is 4.70. The highest BCUT2D eigenvalue weighted by Crippen LogP contribution is 2.26. The molecular weight excluding hydrogens is 267 g/mol. The lowest BCUT2D eigenvalue weighted by Crippen LogP contribution is -2.46. The zero-order chi connectivity index (χ0) is 12.9. The number of hydrogen-bond donors (Lipinski definition) is 3. The van der Waals surface area contributed by atoms with Crippen LogP contribution in [0.3, 0.4) is 0 Å². The molecule has 9 heteroatoms. The van der Waals surface area contributed by atoms with E-state index in [0.717, 1.165) is 0 Å². The van der Waals surface area contributed by atoms with Gasteiger partial charge in [-0.2, -0.15) is 0 Å². The van der Waals surface area contributed by atoms with Gasteiger partial charge in [-0.3, -0.25) is 9.59 Å². The van der Waals surface area contributed by atoms with Gasteiger partial charge in [0.25, 0.3) is 0 Å². The summed E-state index contributed by atoms with van der Waals surface area (Å²) >= 11 is 10.3. The Kier molecular flexibility index (Phi) is 5.49. The normalized spacial score (nSPS) is 11.4. The molecule has 7 nitrogen and oxygen atoms in total. The first-order valence-electron chi connectivity index (χ1n) is 3.82. The summed E-state index contributed by atoms with van der Waals surface area (Å²) in [6.45, 7) is 0. The topological polar surface area (TPSA) is 121 Å². The fourth-order valence-electron chi connectivity index (χ4n) is 1.01. The minimum atomic E-state index is -2.48. The first kappa shape index (κ1) is 14.9. The summed E-state index contributed by atoms with van der Waals surface area (Å²) in [4.78, 5) is 31.8. The Morgan fingerprint density at radius 3 is 1.62 bits per heavy atom. The molecule has 3 N–H and O–H groups in total. The van der Waals surface area contributed by atoms with Gasteiger partial charge in [0.2, 0.25) is 5.02 Å². The van der Waals surface area contributed by atoms with E-state index in [2.05, 4.69) is 4.74 Å². The number of rotatable bonds is 7.